The predicted octanol–water partition coefficient (Wildman–Crippen LogP) is 1.65. The molecule has 0 saturated carbocycles. The first-order valence-electron chi connectivity index (χ1n) is 3.23. The van der Waals surface area contributed by atoms with Crippen molar-refractivity contribution in [3.63, 3.8) is 0 Å². The second-order valence-electron chi connectivity index (χ2n) is 2.31. The van der Waals surface area contributed by atoms with Crippen molar-refractivity contribution in [1.82, 2.24) is 0 Å². The van der Waals surface area contributed by atoms with Crippen LogP contribution in [0.1, 0.15) is 11.1 Å². The van der Waals surface area contributed by atoms with Crippen molar-refractivity contribution in [1.29, 1.82) is 0 Å². The third-order valence-electron chi connectivity index (χ3n) is 1.36. The number of rotatable bonds is 2. The average Bonchev–Trinajstić information content (AvgIpc) is 1.88. The fourth-order valence-corrected chi connectivity index (χ4v) is 0.905. The Balaban J connectivity index is 2.84. The topological polar surface area (TPSA) is 17.1 Å². The number of hydrogen-bond donors (Lipinski definition) is 0. The van der Waals surface area contributed by atoms with E-state index in [1.807, 2.05) is 37.5 Å². The van der Waals surface area contributed by atoms with E-state index >= 15 is 0 Å². The van der Waals surface area contributed by atoms with Crippen LogP contribution in [0.4, 0.5) is 0 Å². The zero-order valence-electron chi connectivity index (χ0n) is 5.92. The molecule has 1 nitrogen and oxygen atoms in total. The van der Waals surface area contributed by atoms with Crippen molar-refractivity contribution in [3.05, 3.63) is 35.4 Å². The standard InChI is InChI=1S/C9H9O/c1-8-3-2-4-9(7-8)5-6-10/h2-4,7H,5H2,1H3. The highest BCUT2D eigenvalue weighted by molar-refractivity contribution is 5.55. The molecule has 0 spiro atoms. The van der Waals surface area contributed by atoms with Crippen molar-refractivity contribution >= 4 is 6.29 Å². The van der Waals surface area contributed by atoms with Gasteiger partial charge in [0.15, 0.2) is 0 Å². The smallest absolute Gasteiger partial charge is 0.203 e. The van der Waals surface area contributed by atoms with E-state index in [9.17, 15) is 4.79 Å². The minimum atomic E-state index is 0.404. The quantitative estimate of drug-likeness (QED) is 0.599. The summed E-state index contributed by atoms with van der Waals surface area (Å²) >= 11 is 0. The van der Waals surface area contributed by atoms with E-state index in [2.05, 4.69) is 0 Å². The summed E-state index contributed by atoms with van der Waals surface area (Å²) in [6, 6.07) is 7.87. The fraction of sp³-hybridized carbons (Fsp3) is 0.222. The lowest BCUT2D eigenvalue weighted by Gasteiger charge is -1.94. The molecule has 0 atom stereocenters. The van der Waals surface area contributed by atoms with Crippen molar-refractivity contribution in [2.45, 2.75) is 13.3 Å². The monoisotopic (exact) mass is 133 g/mol. The first-order chi connectivity index (χ1) is 4.83. The van der Waals surface area contributed by atoms with E-state index < -0.39 is 0 Å². The molecule has 0 aliphatic rings. The van der Waals surface area contributed by atoms with Crippen LogP contribution in [0.15, 0.2) is 24.3 Å². The van der Waals surface area contributed by atoms with Crippen molar-refractivity contribution in [3.8, 4) is 0 Å². The van der Waals surface area contributed by atoms with Gasteiger partial charge in [-0.05, 0) is 12.5 Å². The van der Waals surface area contributed by atoms with Crippen LogP contribution in [-0.2, 0) is 11.2 Å². The Bertz CT molecular complexity index is 228. The summed E-state index contributed by atoms with van der Waals surface area (Å²) < 4.78 is 0. The maximum absolute atomic E-state index is 9.96. The number of carbonyl (C=O) groups excluding carboxylic acids is 1. The molecule has 51 valence electrons. The van der Waals surface area contributed by atoms with Gasteiger partial charge in [0, 0.05) is 6.42 Å². The van der Waals surface area contributed by atoms with Gasteiger partial charge in [-0.1, -0.05) is 29.8 Å². The molecule has 0 amide bonds. The van der Waals surface area contributed by atoms with E-state index in [1.54, 1.807) is 0 Å². The van der Waals surface area contributed by atoms with Gasteiger partial charge in [0.1, 0.15) is 0 Å². The van der Waals surface area contributed by atoms with Crippen LogP contribution in [0, 0.1) is 6.92 Å². The molecular formula is C9H9O. The van der Waals surface area contributed by atoms with Gasteiger partial charge in [0.25, 0.3) is 0 Å². The Labute approximate surface area is 60.7 Å². The average molecular weight is 133 g/mol. The van der Waals surface area contributed by atoms with Crippen LogP contribution in [0.3, 0.4) is 0 Å². The lowest BCUT2D eigenvalue weighted by Crippen LogP contribution is -1.84. The molecule has 0 aromatic heterocycles. The summed E-state index contributed by atoms with van der Waals surface area (Å²) in [5.74, 6) is 0. The largest absolute Gasteiger partial charge is 0.291 e. The second-order valence-corrected chi connectivity index (χ2v) is 2.31. The minimum absolute atomic E-state index is 0.404. The molecule has 10 heavy (non-hydrogen) atoms. The molecule has 0 fully saturated rings. The molecule has 1 aromatic rings. The summed E-state index contributed by atoms with van der Waals surface area (Å²) in [5.41, 5.74) is 2.22. The Hall–Kier alpha value is -1.11. The van der Waals surface area contributed by atoms with Crippen molar-refractivity contribution < 1.29 is 4.79 Å². The maximum atomic E-state index is 9.96. The Morgan fingerprint density at radius 1 is 1.50 bits per heavy atom. The van der Waals surface area contributed by atoms with Gasteiger partial charge in [0.05, 0.1) is 0 Å². The molecule has 0 unspecified atom stereocenters. The third kappa shape index (κ3) is 1.69. The van der Waals surface area contributed by atoms with Crippen LogP contribution in [0.25, 0.3) is 0 Å². The lowest BCUT2D eigenvalue weighted by atomic mass is 10.1. The fourth-order valence-electron chi connectivity index (χ4n) is 0.905. The molecule has 1 rings (SSSR count). The number of benzene rings is 1. The van der Waals surface area contributed by atoms with E-state index in [-0.39, 0.29) is 0 Å². The van der Waals surface area contributed by atoms with Crippen molar-refractivity contribution in [2.75, 3.05) is 0 Å². The normalized spacial score (nSPS) is 9.30. The predicted molar refractivity (Wildman–Crippen MR) is 40.6 cm³/mol. The van der Waals surface area contributed by atoms with Gasteiger partial charge < -0.3 is 0 Å². The zero-order valence-corrected chi connectivity index (χ0v) is 5.92. The zero-order chi connectivity index (χ0) is 7.40. The van der Waals surface area contributed by atoms with Gasteiger partial charge in [-0.2, -0.15) is 0 Å². The first-order valence-corrected chi connectivity index (χ1v) is 3.23. The first kappa shape index (κ1) is 7.00. The molecule has 0 bridgehead atoms. The van der Waals surface area contributed by atoms with Gasteiger partial charge in [-0.15, -0.1) is 0 Å². The molecular weight excluding hydrogens is 124 g/mol. The van der Waals surface area contributed by atoms with Crippen LogP contribution in [0.5, 0.6) is 0 Å². The van der Waals surface area contributed by atoms with Crippen LogP contribution < -0.4 is 0 Å². The SMILES string of the molecule is Cc1cccc(C[C]=O)c1. The van der Waals surface area contributed by atoms with Crippen LogP contribution in [0.2, 0.25) is 0 Å². The van der Waals surface area contributed by atoms with Crippen molar-refractivity contribution in [2.24, 2.45) is 0 Å². The van der Waals surface area contributed by atoms with Crippen LogP contribution in [-0.4, -0.2) is 6.29 Å². The Morgan fingerprint density at radius 3 is 2.90 bits per heavy atom. The Kier molecular flexibility index (Phi) is 2.21. The molecule has 0 saturated heterocycles. The minimum Gasteiger partial charge on any atom is -0.291 e. The summed E-state index contributed by atoms with van der Waals surface area (Å²) in [5, 5.41) is 0. The molecule has 0 N–H and O–H groups in total. The number of aryl methyl sites for hydroxylation is 1. The maximum Gasteiger partial charge on any atom is 0.203 e. The highest BCUT2D eigenvalue weighted by Gasteiger charge is 1.90. The molecule has 0 aliphatic heterocycles. The van der Waals surface area contributed by atoms with E-state index in [0.717, 1.165) is 5.56 Å². The molecule has 1 radical (unpaired) electrons. The lowest BCUT2D eigenvalue weighted by molar-refractivity contribution is 0.555. The highest BCUT2D eigenvalue weighted by atomic mass is 16.1. The van der Waals surface area contributed by atoms with Gasteiger partial charge in [0.2, 0.25) is 6.29 Å². The summed E-state index contributed by atoms with van der Waals surface area (Å²) in [4.78, 5) is 9.96. The van der Waals surface area contributed by atoms with E-state index in [4.69, 9.17) is 0 Å². The van der Waals surface area contributed by atoms with Gasteiger partial charge >= 0.3 is 0 Å². The molecule has 1 aromatic carbocycles. The van der Waals surface area contributed by atoms with Gasteiger partial charge in [-0.25, -0.2) is 0 Å². The highest BCUT2D eigenvalue weighted by Crippen LogP contribution is 2.02. The second kappa shape index (κ2) is 3.16. The van der Waals surface area contributed by atoms with E-state index in [0.29, 0.717) is 6.42 Å². The third-order valence-corrected chi connectivity index (χ3v) is 1.36. The van der Waals surface area contributed by atoms with E-state index in [1.165, 1.54) is 5.56 Å². The Morgan fingerprint density at radius 2 is 2.30 bits per heavy atom. The van der Waals surface area contributed by atoms with Gasteiger partial charge in [-0.3, -0.25) is 4.79 Å². The summed E-state index contributed by atoms with van der Waals surface area (Å²) in [6.07, 6.45) is 2.27. The van der Waals surface area contributed by atoms with Crippen LogP contribution >= 0.6 is 0 Å². The molecule has 0 aliphatic carbocycles. The molecule has 0 heterocycles. The summed E-state index contributed by atoms with van der Waals surface area (Å²) in [7, 11) is 0. The number of hydrogen-bond acceptors (Lipinski definition) is 1. The summed E-state index contributed by atoms with van der Waals surface area (Å²) in [6.45, 7) is 2.01. The molecule has 1 heteroatoms.